The lowest BCUT2D eigenvalue weighted by Crippen LogP contribution is -2.24. The Labute approximate surface area is 181 Å². The highest BCUT2D eigenvalue weighted by Gasteiger charge is 2.20. The molecule has 4 heterocycles. The second-order valence-electron chi connectivity index (χ2n) is 6.79. The van der Waals surface area contributed by atoms with Gasteiger partial charge in [0.1, 0.15) is 11.4 Å². The first-order valence-electron chi connectivity index (χ1n) is 9.67. The van der Waals surface area contributed by atoms with Gasteiger partial charge in [0.25, 0.3) is 5.91 Å². The molecule has 0 aliphatic heterocycles. The molecular formula is C22H16FN7O2. The van der Waals surface area contributed by atoms with Gasteiger partial charge in [-0.25, -0.2) is 9.07 Å². The zero-order chi connectivity index (χ0) is 21.9. The van der Waals surface area contributed by atoms with Crippen molar-refractivity contribution in [3.63, 3.8) is 0 Å². The van der Waals surface area contributed by atoms with Crippen molar-refractivity contribution in [3.05, 3.63) is 96.8 Å². The number of carbonyl (C=O) groups is 1. The quantitative estimate of drug-likeness (QED) is 0.445. The average molecular weight is 429 g/mol. The molecule has 0 saturated carbocycles. The van der Waals surface area contributed by atoms with Gasteiger partial charge in [-0.3, -0.25) is 9.78 Å². The highest BCUT2D eigenvalue weighted by atomic mass is 19.1. The molecule has 32 heavy (non-hydrogen) atoms. The van der Waals surface area contributed by atoms with Gasteiger partial charge in [-0.15, -0.1) is 0 Å². The van der Waals surface area contributed by atoms with E-state index in [1.54, 1.807) is 58.3 Å². The van der Waals surface area contributed by atoms with Crippen LogP contribution in [-0.2, 0) is 6.54 Å². The van der Waals surface area contributed by atoms with Crippen LogP contribution in [0.4, 0.5) is 4.39 Å². The fourth-order valence-corrected chi connectivity index (χ4v) is 3.19. The minimum Gasteiger partial charge on any atom is -0.343 e. The standard InChI is InChI=1S/C22H16FN7O2/c23-16-3-5-17(6-4-16)30-22(29-11-1-2-12-29)18(13-26-30)21(31)25-14-19-27-20(28-32-19)15-7-9-24-10-8-15/h1-13H,14H2,(H,25,31). The fourth-order valence-electron chi connectivity index (χ4n) is 3.19. The van der Waals surface area contributed by atoms with Gasteiger partial charge < -0.3 is 14.4 Å². The van der Waals surface area contributed by atoms with Crippen LogP contribution in [0.1, 0.15) is 16.2 Å². The molecule has 5 aromatic rings. The monoisotopic (exact) mass is 429 g/mol. The Kier molecular flexibility index (Phi) is 5.00. The van der Waals surface area contributed by atoms with E-state index in [9.17, 15) is 9.18 Å². The summed E-state index contributed by atoms with van der Waals surface area (Å²) in [5.41, 5.74) is 1.71. The van der Waals surface area contributed by atoms with Crippen molar-refractivity contribution in [2.24, 2.45) is 0 Å². The first kappa shape index (κ1) is 19.4. The van der Waals surface area contributed by atoms with Gasteiger partial charge in [0, 0.05) is 30.4 Å². The van der Waals surface area contributed by atoms with Crippen LogP contribution in [0.5, 0.6) is 0 Å². The third kappa shape index (κ3) is 3.76. The summed E-state index contributed by atoms with van der Waals surface area (Å²) in [4.78, 5) is 21.2. The number of carbonyl (C=O) groups excluding carboxylic acids is 1. The molecule has 158 valence electrons. The van der Waals surface area contributed by atoms with E-state index in [4.69, 9.17) is 4.52 Å². The van der Waals surface area contributed by atoms with Crippen LogP contribution in [-0.4, -0.2) is 35.4 Å². The number of amides is 1. The number of benzene rings is 1. The van der Waals surface area contributed by atoms with E-state index in [2.05, 4.69) is 25.5 Å². The molecule has 0 aliphatic carbocycles. The minimum absolute atomic E-state index is 0.0454. The smallest absolute Gasteiger partial charge is 0.257 e. The Balaban J connectivity index is 1.39. The fraction of sp³-hybridized carbons (Fsp3) is 0.0455. The topological polar surface area (TPSA) is 104 Å². The number of aromatic nitrogens is 6. The van der Waals surface area contributed by atoms with Gasteiger partial charge in [0.2, 0.25) is 11.7 Å². The maximum Gasteiger partial charge on any atom is 0.257 e. The third-order valence-electron chi connectivity index (χ3n) is 4.72. The SMILES string of the molecule is O=C(NCc1nc(-c2ccncc2)no1)c1cnn(-c2ccc(F)cc2)c1-n1cccc1. The number of rotatable bonds is 6. The molecule has 5 rings (SSSR count). The van der Waals surface area contributed by atoms with Crippen molar-refractivity contribution in [2.75, 3.05) is 0 Å². The Morgan fingerprint density at radius 1 is 1.06 bits per heavy atom. The van der Waals surface area contributed by atoms with Crippen molar-refractivity contribution >= 4 is 5.91 Å². The Morgan fingerprint density at radius 2 is 1.81 bits per heavy atom. The van der Waals surface area contributed by atoms with E-state index < -0.39 is 0 Å². The Morgan fingerprint density at radius 3 is 2.56 bits per heavy atom. The Bertz CT molecular complexity index is 1340. The van der Waals surface area contributed by atoms with Crippen LogP contribution in [0.15, 0.2) is 84.0 Å². The van der Waals surface area contributed by atoms with Crippen molar-refractivity contribution < 1.29 is 13.7 Å². The van der Waals surface area contributed by atoms with Gasteiger partial charge in [-0.1, -0.05) is 5.16 Å². The van der Waals surface area contributed by atoms with Gasteiger partial charge in [-0.05, 0) is 48.5 Å². The molecular weight excluding hydrogens is 413 g/mol. The number of nitrogens with zero attached hydrogens (tertiary/aromatic N) is 6. The van der Waals surface area contributed by atoms with Crippen LogP contribution in [0, 0.1) is 5.82 Å². The van der Waals surface area contributed by atoms with Gasteiger partial charge in [-0.2, -0.15) is 10.1 Å². The zero-order valence-electron chi connectivity index (χ0n) is 16.6. The lowest BCUT2D eigenvalue weighted by atomic mass is 10.2. The first-order chi connectivity index (χ1) is 15.7. The summed E-state index contributed by atoms with van der Waals surface area (Å²) in [6.07, 6.45) is 8.33. The number of hydrogen-bond acceptors (Lipinski definition) is 6. The van der Waals surface area contributed by atoms with Crippen molar-refractivity contribution in [1.29, 1.82) is 0 Å². The molecule has 0 fully saturated rings. The summed E-state index contributed by atoms with van der Waals surface area (Å²) in [6, 6.07) is 13.1. The summed E-state index contributed by atoms with van der Waals surface area (Å²) in [7, 11) is 0. The summed E-state index contributed by atoms with van der Waals surface area (Å²) in [5, 5.41) is 11.1. The van der Waals surface area contributed by atoms with E-state index >= 15 is 0 Å². The first-order valence-corrected chi connectivity index (χ1v) is 9.67. The minimum atomic E-state index is -0.370. The molecule has 0 radical (unpaired) electrons. The molecule has 1 aromatic carbocycles. The van der Waals surface area contributed by atoms with Crippen LogP contribution < -0.4 is 5.32 Å². The molecule has 1 amide bonds. The summed E-state index contributed by atoms with van der Waals surface area (Å²) in [6.45, 7) is 0.0454. The molecule has 0 spiro atoms. The van der Waals surface area contributed by atoms with E-state index in [1.807, 2.05) is 12.1 Å². The lowest BCUT2D eigenvalue weighted by molar-refractivity contribution is 0.0946. The second-order valence-corrected chi connectivity index (χ2v) is 6.79. The summed E-state index contributed by atoms with van der Waals surface area (Å²) in [5.74, 6) is 0.465. The summed E-state index contributed by atoms with van der Waals surface area (Å²) < 4.78 is 21.9. The molecule has 4 aromatic heterocycles. The van der Waals surface area contributed by atoms with Gasteiger partial charge in [0.05, 0.1) is 18.4 Å². The van der Waals surface area contributed by atoms with E-state index in [-0.39, 0.29) is 24.2 Å². The average Bonchev–Trinajstić information content (AvgIpc) is 3.59. The molecule has 9 nitrogen and oxygen atoms in total. The molecule has 1 N–H and O–H groups in total. The van der Waals surface area contributed by atoms with Gasteiger partial charge >= 0.3 is 0 Å². The molecule has 0 aliphatic rings. The van der Waals surface area contributed by atoms with Crippen molar-refractivity contribution in [1.82, 2.24) is 34.8 Å². The number of halogens is 1. The van der Waals surface area contributed by atoms with Crippen molar-refractivity contribution in [2.45, 2.75) is 6.54 Å². The van der Waals surface area contributed by atoms with Crippen LogP contribution >= 0.6 is 0 Å². The molecule has 0 unspecified atom stereocenters. The second kappa shape index (κ2) is 8.26. The van der Waals surface area contributed by atoms with Gasteiger partial charge in [0.15, 0.2) is 5.82 Å². The van der Waals surface area contributed by atoms with Crippen LogP contribution in [0.25, 0.3) is 22.9 Å². The third-order valence-corrected chi connectivity index (χ3v) is 4.72. The molecule has 0 bridgehead atoms. The number of nitrogens with one attached hydrogen (secondary N) is 1. The predicted molar refractivity (Wildman–Crippen MR) is 112 cm³/mol. The maximum atomic E-state index is 13.4. The van der Waals surface area contributed by atoms with E-state index in [1.165, 1.54) is 18.3 Å². The number of hydrogen-bond donors (Lipinski definition) is 1. The van der Waals surface area contributed by atoms with E-state index in [0.29, 0.717) is 22.9 Å². The normalized spacial score (nSPS) is 10.9. The van der Waals surface area contributed by atoms with Crippen molar-refractivity contribution in [3.8, 4) is 22.9 Å². The molecule has 0 atom stereocenters. The zero-order valence-corrected chi connectivity index (χ0v) is 16.6. The molecule has 10 heteroatoms. The lowest BCUT2D eigenvalue weighted by Gasteiger charge is -2.11. The Hall–Kier alpha value is -4.60. The maximum absolute atomic E-state index is 13.4. The molecule has 0 saturated heterocycles. The van der Waals surface area contributed by atoms with Crippen LogP contribution in [0.3, 0.4) is 0 Å². The highest BCUT2D eigenvalue weighted by Crippen LogP contribution is 2.20. The largest absolute Gasteiger partial charge is 0.343 e. The highest BCUT2D eigenvalue weighted by molar-refractivity contribution is 5.97. The van der Waals surface area contributed by atoms with E-state index in [0.717, 1.165) is 5.56 Å². The van der Waals surface area contributed by atoms with Crippen LogP contribution in [0.2, 0.25) is 0 Å². The number of pyridine rings is 1. The predicted octanol–water partition coefficient (Wildman–Crippen LogP) is 3.18. The summed E-state index contributed by atoms with van der Waals surface area (Å²) >= 11 is 0.